The summed E-state index contributed by atoms with van der Waals surface area (Å²) in [6.07, 6.45) is -4.33. The average molecular weight is 331 g/mol. The molecule has 2 aromatic carbocycles. The summed E-state index contributed by atoms with van der Waals surface area (Å²) in [5.41, 5.74) is 0.307. The van der Waals surface area contributed by atoms with Gasteiger partial charge in [0.15, 0.2) is 0 Å². The molecule has 0 radical (unpaired) electrons. The van der Waals surface area contributed by atoms with Gasteiger partial charge in [0.1, 0.15) is 11.5 Å². The molecule has 0 aliphatic carbocycles. The summed E-state index contributed by atoms with van der Waals surface area (Å²) in [7, 11) is 0. The largest absolute Gasteiger partial charge is 0.457 e. The van der Waals surface area contributed by atoms with Crippen molar-refractivity contribution in [3.63, 3.8) is 0 Å². The van der Waals surface area contributed by atoms with Gasteiger partial charge in [-0.25, -0.2) is 0 Å². The van der Waals surface area contributed by atoms with Gasteiger partial charge in [0.05, 0.1) is 5.56 Å². The van der Waals surface area contributed by atoms with Gasteiger partial charge in [-0.2, -0.15) is 13.2 Å². The van der Waals surface area contributed by atoms with Crippen LogP contribution >= 0.6 is 15.9 Å². The number of benzene rings is 2. The Labute approximate surface area is 117 Å². The van der Waals surface area contributed by atoms with Crippen molar-refractivity contribution in [2.75, 3.05) is 0 Å². The Balaban J connectivity index is 2.20. The molecule has 2 rings (SSSR count). The van der Waals surface area contributed by atoms with E-state index in [1.165, 1.54) is 12.1 Å². The molecule has 0 heterocycles. The second kappa shape index (κ2) is 5.25. The molecule has 1 nitrogen and oxygen atoms in total. The van der Waals surface area contributed by atoms with Crippen LogP contribution in [0.2, 0.25) is 0 Å². The quantitative estimate of drug-likeness (QED) is 0.699. The van der Waals surface area contributed by atoms with Gasteiger partial charge in [-0.05, 0) is 55.0 Å². The smallest absolute Gasteiger partial charge is 0.416 e. The zero-order valence-corrected chi connectivity index (χ0v) is 11.5. The van der Waals surface area contributed by atoms with Crippen LogP contribution in [0.4, 0.5) is 13.2 Å². The fourth-order valence-corrected chi connectivity index (χ4v) is 2.20. The van der Waals surface area contributed by atoms with Gasteiger partial charge in [0, 0.05) is 4.47 Å². The first-order valence-corrected chi connectivity index (χ1v) is 6.26. The number of aryl methyl sites for hydroxylation is 1. The normalized spacial score (nSPS) is 11.4. The second-order valence-electron chi connectivity index (χ2n) is 4.09. The molecule has 0 amide bonds. The minimum atomic E-state index is -4.33. The monoisotopic (exact) mass is 330 g/mol. The zero-order chi connectivity index (χ0) is 14.0. The SMILES string of the molecule is Cc1cc(Br)cc(Oc2ccc(C(F)(F)F)cc2)c1. The predicted molar refractivity (Wildman–Crippen MR) is 70.4 cm³/mol. The molecule has 5 heteroatoms. The van der Waals surface area contributed by atoms with Crippen molar-refractivity contribution in [2.45, 2.75) is 13.1 Å². The van der Waals surface area contributed by atoms with Crippen LogP contribution in [0.25, 0.3) is 0 Å². The molecule has 0 fully saturated rings. The molecule has 0 saturated heterocycles. The Morgan fingerprint density at radius 3 is 2.11 bits per heavy atom. The third-order valence-corrected chi connectivity index (χ3v) is 2.89. The van der Waals surface area contributed by atoms with Gasteiger partial charge >= 0.3 is 6.18 Å². The molecule has 19 heavy (non-hydrogen) atoms. The molecule has 2 aromatic rings. The summed E-state index contributed by atoms with van der Waals surface area (Å²) in [5.74, 6) is 0.942. The molecule has 0 atom stereocenters. The van der Waals surface area contributed by atoms with Crippen LogP contribution < -0.4 is 4.74 Å². The van der Waals surface area contributed by atoms with E-state index in [-0.39, 0.29) is 0 Å². The summed E-state index contributed by atoms with van der Waals surface area (Å²) in [4.78, 5) is 0. The molecule has 0 bridgehead atoms. The highest BCUT2D eigenvalue weighted by molar-refractivity contribution is 9.10. The minimum absolute atomic E-state index is 0.366. The van der Waals surface area contributed by atoms with Crippen LogP contribution in [0.15, 0.2) is 46.9 Å². The number of halogens is 4. The fourth-order valence-electron chi connectivity index (χ4n) is 1.61. The summed E-state index contributed by atoms with van der Waals surface area (Å²) >= 11 is 3.34. The summed E-state index contributed by atoms with van der Waals surface area (Å²) in [5, 5.41) is 0. The Hall–Kier alpha value is -1.49. The Morgan fingerprint density at radius 2 is 1.58 bits per heavy atom. The zero-order valence-electron chi connectivity index (χ0n) is 9.96. The number of hydrogen-bond donors (Lipinski definition) is 0. The van der Waals surface area contributed by atoms with Crippen molar-refractivity contribution in [1.82, 2.24) is 0 Å². The summed E-state index contributed by atoms with van der Waals surface area (Å²) in [6.45, 7) is 1.91. The summed E-state index contributed by atoms with van der Waals surface area (Å²) in [6, 6.07) is 10.1. The molecule has 0 aliphatic heterocycles. The number of hydrogen-bond acceptors (Lipinski definition) is 1. The van der Waals surface area contributed by atoms with Crippen LogP contribution in [0.1, 0.15) is 11.1 Å². The van der Waals surface area contributed by atoms with E-state index in [2.05, 4.69) is 15.9 Å². The van der Waals surface area contributed by atoms with Crippen molar-refractivity contribution in [1.29, 1.82) is 0 Å². The van der Waals surface area contributed by atoms with E-state index in [0.29, 0.717) is 11.5 Å². The lowest BCUT2D eigenvalue weighted by atomic mass is 10.2. The molecule has 0 N–H and O–H groups in total. The van der Waals surface area contributed by atoms with E-state index in [4.69, 9.17) is 4.74 Å². The van der Waals surface area contributed by atoms with Gasteiger partial charge in [-0.15, -0.1) is 0 Å². The van der Waals surface area contributed by atoms with Crippen LogP contribution in [0.3, 0.4) is 0 Å². The van der Waals surface area contributed by atoms with E-state index in [9.17, 15) is 13.2 Å². The topological polar surface area (TPSA) is 9.23 Å². The maximum Gasteiger partial charge on any atom is 0.416 e. The van der Waals surface area contributed by atoms with Gasteiger partial charge in [-0.1, -0.05) is 15.9 Å². The van der Waals surface area contributed by atoms with Gasteiger partial charge in [0.2, 0.25) is 0 Å². The Bertz CT molecular complexity index is 556. The molecule has 100 valence electrons. The second-order valence-corrected chi connectivity index (χ2v) is 5.00. The average Bonchev–Trinajstić information content (AvgIpc) is 2.26. The van der Waals surface area contributed by atoms with E-state index in [0.717, 1.165) is 22.2 Å². The number of ether oxygens (including phenoxy) is 1. The van der Waals surface area contributed by atoms with Crippen molar-refractivity contribution in [3.8, 4) is 11.5 Å². The van der Waals surface area contributed by atoms with E-state index >= 15 is 0 Å². The Morgan fingerprint density at radius 1 is 0.947 bits per heavy atom. The third kappa shape index (κ3) is 3.73. The highest BCUT2D eigenvalue weighted by atomic mass is 79.9. The highest BCUT2D eigenvalue weighted by Gasteiger charge is 2.30. The minimum Gasteiger partial charge on any atom is -0.457 e. The van der Waals surface area contributed by atoms with Crippen LogP contribution in [-0.4, -0.2) is 0 Å². The van der Waals surface area contributed by atoms with Gasteiger partial charge in [0.25, 0.3) is 0 Å². The molecule has 0 saturated carbocycles. The van der Waals surface area contributed by atoms with Crippen molar-refractivity contribution in [3.05, 3.63) is 58.1 Å². The van der Waals surface area contributed by atoms with Crippen LogP contribution in [0.5, 0.6) is 11.5 Å². The van der Waals surface area contributed by atoms with Crippen LogP contribution in [-0.2, 0) is 6.18 Å². The standard InChI is InChI=1S/C14H10BrF3O/c1-9-6-11(15)8-13(7-9)19-12-4-2-10(3-5-12)14(16,17)18/h2-8H,1H3. The van der Waals surface area contributed by atoms with Crippen LogP contribution in [0, 0.1) is 6.92 Å². The fraction of sp³-hybridized carbons (Fsp3) is 0.143. The predicted octanol–water partition coefficient (Wildman–Crippen LogP) is 5.57. The van der Waals surface area contributed by atoms with Gasteiger partial charge in [-0.3, -0.25) is 0 Å². The van der Waals surface area contributed by atoms with Crippen molar-refractivity contribution >= 4 is 15.9 Å². The third-order valence-electron chi connectivity index (χ3n) is 2.43. The summed E-state index contributed by atoms with van der Waals surface area (Å²) < 4.78 is 43.6. The maximum atomic E-state index is 12.4. The first-order valence-electron chi connectivity index (χ1n) is 5.47. The number of rotatable bonds is 2. The molecule has 0 aliphatic rings. The number of alkyl halides is 3. The lowest BCUT2D eigenvalue weighted by molar-refractivity contribution is -0.137. The molecular formula is C14H10BrF3O. The van der Waals surface area contributed by atoms with E-state index in [1.54, 1.807) is 6.07 Å². The Kier molecular flexibility index (Phi) is 3.85. The first-order chi connectivity index (χ1) is 8.84. The van der Waals surface area contributed by atoms with E-state index in [1.807, 2.05) is 19.1 Å². The van der Waals surface area contributed by atoms with Crippen molar-refractivity contribution < 1.29 is 17.9 Å². The molecule has 0 spiro atoms. The van der Waals surface area contributed by atoms with E-state index < -0.39 is 11.7 Å². The lowest BCUT2D eigenvalue weighted by Crippen LogP contribution is -2.03. The molecule has 0 aromatic heterocycles. The first kappa shape index (κ1) is 13.9. The molecule has 0 unspecified atom stereocenters. The van der Waals surface area contributed by atoms with Gasteiger partial charge < -0.3 is 4.74 Å². The molecular weight excluding hydrogens is 321 g/mol. The van der Waals surface area contributed by atoms with Crippen molar-refractivity contribution in [2.24, 2.45) is 0 Å². The lowest BCUT2D eigenvalue weighted by Gasteiger charge is -2.09. The highest BCUT2D eigenvalue weighted by Crippen LogP contribution is 2.32. The maximum absolute atomic E-state index is 12.4.